The van der Waals surface area contributed by atoms with E-state index in [1.807, 2.05) is 36.4 Å². The molecule has 0 unspecified atom stereocenters. The zero-order chi connectivity index (χ0) is 21.1. The number of anilines is 1. The topological polar surface area (TPSA) is 123 Å². The minimum atomic E-state index is -0.983. The van der Waals surface area contributed by atoms with Gasteiger partial charge in [-0.15, -0.1) is 5.10 Å². The molecule has 0 aliphatic heterocycles. The number of aromatic nitrogens is 3. The summed E-state index contributed by atoms with van der Waals surface area (Å²) >= 11 is 0. The van der Waals surface area contributed by atoms with Crippen LogP contribution in [0.15, 0.2) is 66.9 Å². The largest absolute Gasteiger partial charge is 0.481 e. The van der Waals surface area contributed by atoms with Gasteiger partial charge in [-0.2, -0.15) is 0 Å². The van der Waals surface area contributed by atoms with Crippen LogP contribution in [0.25, 0.3) is 16.8 Å². The van der Waals surface area contributed by atoms with E-state index in [-0.39, 0.29) is 12.2 Å². The molecule has 0 saturated heterocycles. The fourth-order valence-corrected chi connectivity index (χ4v) is 3.23. The van der Waals surface area contributed by atoms with Gasteiger partial charge in [0, 0.05) is 24.0 Å². The molecule has 4 N–H and O–H groups in total. The number of para-hydroxylation sites is 1. The number of carboxylic acid groups (broad SMARTS) is 1. The number of benzene rings is 2. The van der Waals surface area contributed by atoms with Crippen LogP contribution < -0.4 is 11.1 Å². The van der Waals surface area contributed by atoms with E-state index in [2.05, 4.69) is 15.4 Å². The molecule has 0 spiro atoms. The van der Waals surface area contributed by atoms with Gasteiger partial charge in [-0.05, 0) is 35.4 Å². The SMILES string of the molecule is NCc1cccc(-c2nc(C(=O)Nc3ccccc3CC(=O)O)nn3cccc23)c1. The molecule has 2 aromatic carbocycles. The predicted molar refractivity (Wildman–Crippen MR) is 112 cm³/mol. The van der Waals surface area contributed by atoms with Crippen LogP contribution >= 0.6 is 0 Å². The molecule has 0 aliphatic carbocycles. The highest BCUT2D eigenvalue weighted by Crippen LogP contribution is 2.24. The zero-order valence-electron chi connectivity index (χ0n) is 15.9. The lowest BCUT2D eigenvalue weighted by molar-refractivity contribution is -0.136. The standard InChI is InChI=1S/C22H19N5O3/c23-13-14-5-3-7-16(11-14)20-18-9-4-10-27(18)26-21(25-20)22(30)24-17-8-2-1-6-15(17)12-19(28)29/h1-11H,12-13,23H2,(H,24,30)(H,28,29). The van der Waals surface area contributed by atoms with E-state index in [1.165, 1.54) is 0 Å². The van der Waals surface area contributed by atoms with E-state index in [0.717, 1.165) is 16.6 Å². The number of carbonyl (C=O) groups excluding carboxylic acids is 1. The van der Waals surface area contributed by atoms with Crippen LogP contribution in [0, 0.1) is 0 Å². The van der Waals surface area contributed by atoms with Crippen molar-refractivity contribution in [3.05, 3.63) is 83.8 Å². The monoisotopic (exact) mass is 401 g/mol. The summed E-state index contributed by atoms with van der Waals surface area (Å²) < 4.78 is 1.59. The number of nitrogens with two attached hydrogens (primary N) is 1. The summed E-state index contributed by atoms with van der Waals surface area (Å²) in [5, 5.41) is 16.1. The maximum atomic E-state index is 12.9. The number of hydrogen-bond acceptors (Lipinski definition) is 5. The van der Waals surface area contributed by atoms with Crippen LogP contribution in [0.4, 0.5) is 5.69 Å². The number of aliphatic carboxylic acids is 1. The second kappa shape index (κ2) is 8.14. The summed E-state index contributed by atoms with van der Waals surface area (Å²) in [5.74, 6) is -1.54. The Bertz CT molecular complexity index is 1250. The van der Waals surface area contributed by atoms with Crippen LogP contribution in [0.2, 0.25) is 0 Å². The van der Waals surface area contributed by atoms with E-state index in [1.54, 1.807) is 35.0 Å². The first-order valence-corrected chi connectivity index (χ1v) is 9.31. The molecular weight excluding hydrogens is 382 g/mol. The van der Waals surface area contributed by atoms with Crippen molar-refractivity contribution in [1.29, 1.82) is 0 Å². The molecule has 0 saturated carbocycles. The summed E-state index contributed by atoms with van der Waals surface area (Å²) in [5.41, 5.74) is 9.80. The lowest BCUT2D eigenvalue weighted by Crippen LogP contribution is -2.19. The second-order valence-electron chi connectivity index (χ2n) is 6.71. The molecule has 2 heterocycles. The van der Waals surface area contributed by atoms with Crippen molar-refractivity contribution in [2.24, 2.45) is 5.73 Å². The van der Waals surface area contributed by atoms with Crippen LogP contribution in [-0.2, 0) is 17.8 Å². The van der Waals surface area contributed by atoms with Crippen molar-refractivity contribution in [2.75, 3.05) is 5.32 Å². The molecule has 0 atom stereocenters. The fraction of sp³-hybridized carbons (Fsp3) is 0.0909. The third kappa shape index (κ3) is 3.89. The molecular formula is C22H19N5O3. The normalized spacial score (nSPS) is 10.8. The minimum Gasteiger partial charge on any atom is -0.481 e. The molecule has 30 heavy (non-hydrogen) atoms. The number of carboxylic acids is 1. The third-order valence-electron chi connectivity index (χ3n) is 4.64. The molecule has 0 aliphatic rings. The number of nitrogens with one attached hydrogen (secondary N) is 1. The number of nitrogens with zero attached hydrogens (tertiary/aromatic N) is 3. The van der Waals surface area contributed by atoms with Gasteiger partial charge in [0.05, 0.1) is 17.6 Å². The van der Waals surface area contributed by atoms with Gasteiger partial charge in [0.15, 0.2) is 0 Å². The van der Waals surface area contributed by atoms with E-state index < -0.39 is 11.9 Å². The molecule has 0 fully saturated rings. The van der Waals surface area contributed by atoms with Gasteiger partial charge >= 0.3 is 5.97 Å². The molecule has 2 aromatic heterocycles. The lowest BCUT2D eigenvalue weighted by atomic mass is 10.1. The Morgan fingerprint density at radius 1 is 1.07 bits per heavy atom. The molecule has 4 aromatic rings. The van der Waals surface area contributed by atoms with Gasteiger partial charge in [0.25, 0.3) is 5.91 Å². The maximum absolute atomic E-state index is 12.9. The van der Waals surface area contributed by atoms with Crippen molar-refractivity contribution in [2.45, 2.75) is 13.0 Å². The highest BCUT2D eigenvalue weighted by atomic mass is 16.4. The number of amides is 1. The van der Waals surface area contributed by atoms with Crippen molar-refractivity contribution >= 4 is 23.1 Å². The van der Waals surface area contributed by atoms with Crippen molar-refractivity contribution in [3.63, 3.8) is 0 Å². The highest BCUT2D eigenvalue weighted by molar-refractivity contribution is 6.02. The summed E-state index contributed by atoms with van der Waals surface area (Å²) in [7, 11) is 0. The van der Waals surface area contributed by atoms with Gasteiger partial charge in [-0.3, -0.25) is 9.59 Å². The summed E-state index contributed by atoms with van der Waals surface area (Å²) in [6.07, 6.45) is 1.54. The van der Waals surface area contributed by atoms with Gasteiger partial charge in [0.2, 0.25) is 5.82 Å². The molecule has 8 nitrogen and oxygen atoms in total. The van der Waals surface area contributed by atoms with E-state index in [4.69, 9.17) is 10.8 Å². The Balaban J connectivity index is 1.73. The van der Waals surface area contributed by atoms with Gasteiger partial charge in [0.1, 0.15) is 0 Å². The summed E-state index contributed by atoms with van der Waals surface area (Å²) in [4.78, 5) is 28.5. The minimum absolute atomic E-state index is 0.0306. The summed E-state index contributed by atoms with van der Waals surface area (Å²) in [6, 6.07) is 18.1. The lowest BCUT2D eigenvalue weighted by Gasteiger charge is -2.11. The molecule has 150 valence electrons. The predicted octanol–water partition coefficient (Wildman–Crippen LogP) is 2.73. The average molecular weight is 401 g/mol. The van der Waals surface area contributed by atoms with Gasteiger partial charge in [-0.25, -0.2) is 9.50 Å². The van der Waals surface area contributed by atoms with Crippen LogP contribution in [0.1, 0.15) is 21.7 Å². The second-order valence-corrected chi connectivity index (χ2v) is 6.71. The molecule has 1 amide bonds. The van der Waals surface area contributed by atoms with Crippen LogP contribution in [-0.4, -0.2) is 31.6 Å². The first-order valence-electron chi connectivity index (χ1n) is 9.31. The number of hydrogen-bond donors (Lipinski definition) is 3. The molecule has 0 radical (unpaired) electrons. The van der Waals surface area contributed by atoms with E-state index >= 15 is 0 Å². The molecule has 0 bridgehead atoms. The highest BCUT2D eigenvalue weighted by Gasteiger charge is 2.17. The average Bonchev–Trinajstić information content (AvgIpc) is 3.23. The van der Waals surface area contributed by atoms with Crippen molar-refractivity contribution in [1.82, 2.24) is 14.6 Å². The smallest absolute Gasteiger partial charge is 0.307 e. The first-order chi connectivity index (χ1) is 14.5. The molecule has 8 heteroatoms. The van der Waals surface area contributed by atoms with Crippen LogP contribution in [0.5, 0.6) is 0 Å². The maximum Gasteiger partial charge on any atom is 0.307 e. The van der Waals surface area contributed by atoms with E-state index in [0.29, 0.717) is 23.5 Å². The van der Waals surface area contributed by atoms with Gasteiger partial charge < -0.3 is 16.2 Å². The number of rotatable bonds is 6. The van der Waals surface area contributed by atoms with E-state index in [9.17, 15) is 9.59 Å². The Morgan fingerprint density at radius 2 is 1.90 bits per heavy atom. The zero-order valence-corrected chi connectivity index (χ0v) is 15.9. The van der Waals surface area contributed by atoms with Crippen molar-refractivity contribution < 1.29 is 14.7 Å². The quantitative estimate of drug-likeness (QED) is 0.457. The van der Waals surface area contributed by atoms with Crippen molar-refractivity contribution in [3.8, 4) is 11.3 Å². The Labute approximate surface area is 172 Å². The Morgan fingerprint density at radius 3 is 2.70 bits per heavy atom. The third-order valence-corrected chi connectivity index (χ3v) is 4.64. The van der Waals surface area contributed by atoms with Gasteiger partial charge in [-0.1, -0.05) is 36.4 Å². The molecule has 4 rings (SSSR count). The Hall–Kier alpha value is -4.04. The number of carbonyl (C=O) groups is 2. The first kappa shape index (κ1) is 19.3. The fourth-order valence-electron chi connectivity index (χ4n) is 3.23. The van der Waals surface area contributed by atoms with Crippen LogP contribution in [0.3, 0.4) is 0 Å². The number of fused-ring (bicyclic) bond motifs is 1. The summed E-state index contributed by atoms with van der Waals surface area (Å²) in [6.45, 7) is 0.393. The Kier molecular flexibility index (Phi) is 5.23.